The molecule has 0 bridgehead atoms. The Morgan fingerprint density at radius 1 is 0.968 bits per heavy atom. The van der Waals surface area contributed by atoms with E-state index in [1.54, 1.807) is 17.2 Å². The monoisotopic (exact) mass is 427 g/mol. The van der Waals surface area contributed by atoms with E-state index in [9.17, 15) is 9.18 Å². The van der Waals surface area contributed by atoms with Crippen LogP contribution in [0.25, 0.3) is 21.0 Å². The van der Waals surface area contributed by atoms with Crippen LogP contribution in [-0.2, 0) is 17.8 Å². The number of nitrogens with zero attached hydrogens (tertiary/aromatic N) is 3. The molecular formula is C25H18FN3OS. The minimum atomic E-state index is -0.318. The van der Waals surface area contributed by atoms with Crippen molar-refractivity contribution in [2.45, 2.75) is 13.0 Å². The van der Waals surface area contributed by atoms with E-state index in [4.69, 9.17) is 0 Å². The van der Waals surface area contributed by atoms with Crippen LogP contribution in [0.3, 0.4) is 0 Å². The highest BCUT2D eigenvalue weighted by Gasteiger charge is 2.22. The lowest BCUT2D eigenvalue weighted by atomic mass is 10.0. The molecule has 2 heterocycles. The first-order chi connectivity index (χ1) is 15.2. The zero-order valence-electron chi connectivity index (χ0n) is 16.5. The maximum absolute atomic E-state index is 13.7. The summed E-state index contributed by atoms with van der Waals surface area (Å²) in [5.74, 6) is -0.400. The average molecular weight is 428 g/mol. The average Bonchev–Trinajstić information content (AvgIpc) is 3.21. The highest BCUT2D eigenvalue weighted by Crippen LogP contribution is 2.31. The zero-order chi connectivity index (χ0) is 21.2. The summed E-state index contributed by atoms with van der Waals surface area (Å²) in [6, 6.07) is 24.1. The molecule has 3 aromatic carbocycles. The van der Waals surface area contributed by atoms with Crippen LogP contribution in [0.4, 0.5) is 9.52 Å². The minimum absolute atomic E-state index is 0.0819. The second-order valence-corrected chi connectivity index (χ2v) is 8.23. The number of hydrogen-bond acceptors (Lipinski definition) is 4. The van der Waals surface area contributed by atoms with Crippen molar-refractivity contribution in [2.75, 3.05) is 4.90 Å². The SMILES string of the molecule is O=C(Cc1cccc2ccccc12)N(Cc1ccccn1)c1nc2ccc(F)cc2s1. The number of fused-ring (bicyclic) bond motifs is 2. The van der Waals surface area contributed by atoms with E-state index < -0.39 is 0 Å². The van der Waals surface area contributed by atoms with Gasteiger partial charge in [-0.25, -0.2) is 9.37 Å². The summed E-state index contributed by atoms with van der Waals surface area (Å²) in [6.45, 7) is 0.298. The molecule has 0 unspecified atom stereocenters. The van der Waals surface area contributed by atoms with Gasteiger partial charge in [0.1, 0.15) is 5.82 Å². The highest BCUT2D eigenvalue weighted by atomic mass is 32.1. The Kier molecular flexibility index (Phi) is 5.14. The van der Waals surface area contributed by atoms with E-state index in [1.165, 1.54) is 23.5 Å². The molecule has 0 aliphatic carbocycles. The molecule has 0 atom stereocenters. The minimum Gasteiger partial charge on any atom is -0.282 e. The van der Waals surface area contributed by atoms with E-state index in [2.05, 4.69) is 9.97 Å². The van der Waals surface area contributed by atoms with E-state index in [0.717, 1.165) is 22.0 Å². The molecule has 0 saturated carbocycles. The van der Waals surface area contributed by atoms with Gasteiger partial charge in [0.15, 0.2) is 5.13 Å². The number of aromatic nitrogens is 2. The fourth-order valence-electron chi connectivity index (χ4n) is 3.62. The van der Waals surface area contributed by atoms with Crippen molar-refractivity contribution in [2.24, 2.45) is 0 Å². The molecule has 0 radical (unpaired) electrons. The third-order valence-electron chi connectivity index (χ3n) is 5.14. The van der Waals surface area contributed by atoms with Crippen LogP contribution in [0.15, 0.2) is 85.1 Å². The van der Waals surface area contributed by atoms with E-state index >= 15 is 0 Å². The molecule has 0 saturated heterocycles. The van der Waals surface area contributed by atoms with Gasteiger partial charge in [0.25, 0.3) is 0 Å². The summed E-state index contributed by atoms with van der Waals surface area (Å²) in [5.41, 5.74) is 2.39. The molecule has 1 amide bonds. The quantitative estimate of drug-likeness (QED) is 0.358. The van der Waals surface area contributed by atoms with Crippen LogP contribution < -0.4 is 4.90 Å². The highest BCUT2D eigenvalue weighted by molar-refractivity contribution is 7.22. The molecule has 5 rings (SSSR count). The van der Waals surface area contributed by atoms with E-state index in [-0.39, 0.29) is 18.1 Å². The molecule has 5 aromatic rings. The van der Waals surface area contributed by atoms with Crippen molar-refractivity contribution >= 4 is 43.4 Å². The van der Waals surface area contributed by atoms with Crippen molar-refractivity contribution in [3.63, 3.8) is 0 Å². The number of pyridine rings is 1. The Labute approximate surface area is 182 Å². The van der Waals surface area contributed by atoms with Crippen LogP contribution in [-0.4, -0.2) is 15.9 Å². The molecule has 0 N–H and O–H groups in total. The summed E-state index contributed by atoms with van der Waals surface area (Å²) in [4.78, 5) is 24.1. The van der Waals surface area contributed by atoms with Gasteiger partial charge in [-0.2, -0.15) is 0 Å². The smallest absolute Gasteiger partial charge is 0.233 e. The lowest BCUT2D eigenvalue weighted by Gasteiger charge is -2.20. The van der Waals surface area contributed by atoms with Gasteiger partial charge in [0.05, 0.1) is 28.9 Å². The number of anilines is 1. The van der Waals surface area contributed by atoms with Gasteiger partial charge in [-0.1, -0.05) is 59.9 Å². The lowest BCUT2D eigenvalue weighted by Crippen LogP contribution is -2.32. The van der Waals surface area contributed by atoms with E-state index in [0.29, 0.717) is 21.9 Å². The van der Waals surface area contributed by atoms with Gasteiger partial charge in [0.2, 0.25) is 5.91 Å². The zero-order valence-corrected chi connectivity index (χ0v) is 17.3. The number of amides is 1. The molecule has 0 aliphatic heterocycles. The lowest BCUT2D eigenvalue weighted by molar-refractivity contribution is -0.118. The van der Waals surface area contributed by atoms with Gasteiger partial charge in [-0.3, -0.25) is 14.7 Å². The van der Waals surface area contributed by atoms with E-state index in [1.807, 2.05) is 60.7 Å². The first kappa shape index (κ1) is 19.3. The number of thiazole rings is 1. The largest absolute Gasteiger partial charge is 0.282 e. The van der Waals surface area contributed by atoms with Crippen molar-refractivity contribution < 1.29 is 9.18 Å². The maximum Gasteiger partial charge on any atom is 0.233 e. The molecule has 0 aliphatic rings. The Bertz CT molecular complexity index is 1380. The predicted molar refractivity (Wildman–Crippen MR) is 123 cm³/mol. The third-order valence-corrected chi connectivity index (χ3v) is 6.18. The van der Waals surface area contributed by atoms with Gasteiger partial charge >= 0.3 is 0 Å². The third kappa shape index (κ3) is 4.02. The molecule has 152 valence electrons. The van der Waals surface area contributed by atoms with Gasteiger partial charge in [-0.15, -0.1) is 0 Å². The topological polar surface area (TPSA) is 46.1 Å². The Morgan fingerprint density at radius 3 is 2.68 bits per heavy atom. The summed E-state index contributed by atoms with van der Waals surface area (Å²) < 4.78 is 14.4. The molecule has 0 spiro atoms. The second kappa shape index (κ2) is 8.24. The summed E-state index contributed by atoms with van der Waals surface area (Å²) in [6.07, 6.45) is 1.94. The standard InChI is InChI=1S/C25H18FN3OS/c26-19-11-12-22-23(15-19)31-25(28-22)29(16-20-9-3-4-13-27-20)24(30)14-18-8-5-7-17-6-1-2-10-21(17)18/h1-13,15H,14,16H2. The molecule has 4 nitrogen and oxygen atoms in total. The summed E-state index contributed by atoms with van der Waals surface area (Å²) >= 11 is 1.31. The second-order valence-electron chi connectivity index (χ2n) is 7.22. The maximum atomic E-state index is 13.7. The number of benzene rings is 3. The fourth-order valence-corrected chi connectivity index (χ4v) is 4.63. The molecule has 31 heavy (non-hydrogen) atoms. The molecule has 6 heteroatoms. The molecular weight excluding hydrogens is 409 g/mol. The van der Waals surface area contributed by atoms with Crippen LogP contribution in [0, 0.1) is 5.82 Å². The van der Waals surface area contributed by atoms with Crippen molar-refractivity contribution in [3.05, 3.63) is 102 Å². The number of carbonyl (C=O) groups excluding carboxylic acids is 1. The van der Waals surface area contributed by atoms with Crippen LogP contribution in [0.2, 0.25) is 0 Å². The number of rotatable bonds is 5. The fraction of sp³-hybridized carbons (Fsp3) is 0.0800. The Hall–Kier alpha value is -3.64. The van der Waals surface area contributed by atoms with Crippen molar-refractivity contribution in [3.8, 4) is 0 Å². The summed E-state index contributed by atoms with van der Waals surface area (Å²) in [5, 5.41) is 2.69. The Morgan fingerprint density at radius 2 is 1.81 bits per heavy atom. The number of carbonyl (C=O) groups is 1. The first-order valence-electron chi connectivity index (χ1n) is 9.90. The van der Waals surface area contributed by atoms with Crippen molar-refractivity contribution in [1.82, 2.24) is 9.97 Å². The molecule has 0 fully saturated rings. The van der Waals surface area contributed by atoms with Gasteiger partial charge < -0.3 is 0 Å². The van der Waals surface area contributed by atoms with Crippen molar-refractivity contribution in [1.29, 1.82) is 0 Å². The Balaban J connectivity index is 1.53. The van der Waals surface area contributed by atoms with Gasteiger partial charge in [-0.05, 0) is 46.7 Å². The number of halogens is 1. The predicted octanol–water partition coefficient (Wildman–Crippen LogP) is 5.76. The van der Waals surface area contributed by atoms with Crippen LogP contribution in [0.5, 0.6) is 0 Å². The van der Waals surface area contributed by atoms with Gasteiger partial charge in [0, 0.05) is 6.20 Å². The normalized spacial score (nSPS) is 11.1. The number of hydrogen-bond donors (Lipinski definition) is 0. The molecule has 2 aromatic heterocycles. The first-order valence-corrected chi connectivity index (χ1v) is 10.7. The van der Waals surface area contributed by atoms with Crippen LogP contribution in [0.1, 0.15) is 11.3 Å². The summed E-state index contributed by atoms with van der Waals surface area (Å²) in [7, 11) is 0. The van der Waals surface area contributed by atoms with Crippen LogP contribution >= 0.6 is 11.3 Å².